The van der Waals surface area contributed by atoms with Crippen LogP contribution in [0.2, 0.25) is 0 Å². The minimum absolute atomic E-state index is 0.00278. The Kier molecular flexibility index (Phi) is 2.87. The molecule has 68 valence electrons. The van der Waals surface area contributed by atoms with Crippen molar-refractivity contribution < 1.29 is 4.79 Å². The molecule has 0 bridgehead atoms. The first kappa shape index (κ1) is 9.26. The average molecular weight is 168 g/mol. The molecule has 1 rings (SSSR count). The second kappa shape index (κ2) is 3.72. The zero-order chi connectivity index (χ0) is 9.14. The number of likely N-dealkylation sites (tertiary alicyclic amines) is 1. The topological polar surface area (TPSA) is 46.3 Å². The van der Waals surface area contributed by atoms with Crippen LogP contribution < -0.4 is 5.73 Å². The van der Waals surface area contributed by atoms with Crippen LogP contribution in [-0.2, 0) is 4.79 Å². The molecule has 1 heterocycles. The Morgan fingerprint density at radius 3 is 2.83 bits per heavy atom. The van der Waals surface area contributed by atoms with E-state index >= 15 is 0 Å². The van der Waals surface area contributed by atoms with Crippen LogP contribution in [0, 0.1) is 5.92 Å². The molecule has 1 aliphatic heterocycles. The first-order chi connectivity index (χ1) is 5.63. The van der Waals surface area contributed by atoms with E-state index in [4.69, 9.17) is 5.73 Å². The van der Waals surface area contributed by atoms with Crippen LogP contribution in [0.15, 0.2) is 12.7 Å². The van der Waals surface area contributed by atoms with Gasteiger partial charge in [0.05, 0.1) is 0 Å². The van der Waals surface area contributed by atoms with Gasteiger partial charge in [-0.25, -0.2) is 0 Å². The van der Waals surface area contributed by atoms with E-state index in [2.05, 4.69) is 13.5 Å². The van der Waals surface area contributed by atoms with E-state index in [1.54, 1.807) is 4.90 Å². The Bertz CT molecular complexity index is 181. The van der Waals surface area contributed by atoms with Crippen LogP contribution in [0.25, 0.3) is 0 Å². The lowest BCUT2D eigenvalue weighted by Crippen LogP contribution is -2.48. The number of nitrogens with two attached hydrogens (primary N) is 1. The summed E-state index contributed by atoms with van der Waals surface area (Å²) in [6, 6.07) is 0.137. The van der Waals surface area contributed by atoms with Crippen molar-refractivity contribution in [1.82, 2.24) is 4.90 Å². The van der Waals surface area contributed by atoms with Crippen molar-refractivity contribution >= 4 is 5.91 Å². The van der Waals surface area contributed by atoms with Crippen molar-refractivity contribution in [3.63, 3.8) is 0 Å². The highest BCUT2D eigenvalue weighted by molar-refractivity contribution is 5.87. The number of carbonyl (C=O) groups is 1. The third-order valence-electron chi connectivity index (χ3n) is 2.18. The van der Waals surface area contributed by atoms with Gasteiger partial charge in [-0.2, -0.15) is 0 Å². The third-order valence-corrected chi connectivity index (χ3v) is 2.18. The molecule has 1 aliphatic rings. The SMILES string of the molecule is C=CC(=O)N1CC(C)CC(N)C1. The summed E-state index contributed by atoms with van der Waals surface area (Å²) in [5.74, 6) is 0.509. The van der Waals surface area contributed by atoms with Gasteiger partial charge in [-0.3, -0.25) is 4.79 Å². The monoisotopic (exact) mass is 168 g/mol. The number of carbonyl (C=O) groups excluding carboxylic acids is 1. The predicted molar refractivity (Wildman–Crippen MR) is 48.5 cm³/mol. The molecule has 2 N–H and O–H groups in total. The summed E-state index contributed by atoms with van der Waals surface area (Å²) in [6.07, 6.45) is 2.37. The van der Waals surface area contributed by atoms with E-state index in [9.17, 15) is 4.79 Å². The smallest absolute Gasteiger partial charge is 0.246 e. The Hall–Kier alpha value is -0.830. The van der Waals surface area contributed by atoms with Gasteiger partial charge in [-0.1, -0.05) is 13.5 Å². The predicted octanol–water partition coefficient (Wildman–Crippen LogP) is 0.368. The number of hydrogen-bond acceptors (Lipinski definition) is 2. The van der Waals surface area contributed by atoms with Crippen LogP contribution >= 0.6 is 0 Å². The minimum Gasteiger partial charge on any atom is -0.337 e. The lowest BCUT2D eigenvalue weighted by atomic mass is 9.96. The van der Waals surface area contributed by atoms with Crippen molar-refractivity contribution in [2.45, 2.75) is 19.4 Å². The van der Waals surface area contributed by atoms with Crippen LogP contribution in [0.4, 0.5) is 0 Å². The zero-order valence-corrected chi connectivity index (χ0v) is 7.49. The number of amides is 1. The first-order valence-electron chi connectivity index (χ1n) is 4.30. The molecule has 3 nitrogen and oxygen atoms in total. The molecular formula is C9H16N2O. The highest BCUT2D eigenvalue weighted by Crippen LogP contribution is 2.14. The van der Waals surface area contributed by atoms with Gasteiger partial charge in [-0.15, -0.1) is 0 Å². The molecule has 2 atom stereocenters. The van der Waals surface area contributed by atoms with Gasteiger partial charge in [0.2, 0.25) is 5.91 Å². The second-order valence-corrected chi connectivity index (χ2v) is 3.55. The molecule has 0 radical (unpaired) electrons. The molecule has 0 aromatic rings. The molecule has 12 heavy (non-hydrogen) atoms. The van der Waals surface area contributed by atoms with E-state index in [-0.39, 0.29) is 11.9 Å². The quantitative estimate of drug-likeness (QED) is 0.575. The highest BCUT2D eigenvalue weighted by Gasteiger charge is 2.23. The summed E-state index contributed by atoms with van der Waals surface area (Å²) in [4.78, 5) is 13.0. The highest BCUT2D eigenvalue weighted by atomic mass is 16.2. The van der Waals surface area contributed by atoms with Crippen molar-refractivity contribution in [2.75, 3.05) is 13.1 Å². The van der Waals surface area contributed by atoms with Crippen molar-refractivity contribution in [1.29, 1.82) is 0 Å². The summed E-state index contributed by atoms with van der Waals surface area (Å²) >= 11 is 0. The molecule has 0 aromatic carbocycles. The van der Waals surface area contributed by atoms with E-state index < -0.39 is 0 Å². The Labute approximate surface area is 73.2 Å². The van der Waals surface area contributed by atoms with Crippen molar-refractivity contribution in [3.05, 3.63) is 12.7 Å². The van der Waals surface area contributed by atoms with Gasteiger partial charge in [0, 0.05) is 19.1 Å². The Morgan fingerprint density at radius 2 is 2.33 bits per heavy atom. The maximum absolute atomic E-state index is 11.2. The van der Waals surface area contributed by atoms with E-state index in [1.807, 2.05) is 0 Å². The molecule has 0 aromatic heterocycles. The maximum atomic E-state index is 11.2. The van der Waals surface area contributed by atoms with Crippen LogP contribution in [0.3, 0.4) is 0 Å². The van der Waals surface area contributed by atoms with Crippen molar-refractivity contribution in [2.24, 2.45) is 11.7 Å². The molecule has 0 spiro atoms. The summed E-state index contributed by atoms with van der Waals surface area (Å²) in [7, 11) is 0. The number of piperidine rings is 1. The van der Waals surface area contributed by atoms with Gasteiger partial charge in [-0.05, 0) is 18.4 Å². The van der Waals surface area contributed by atoms with Crippen molar-refractivity contribution in [3.8, 4) is 0 Å². The van der Waals surface area contributed by atoms with Gasteiger partial charge in [0.15, 0.2) is 0 Å². The van der Waals surface area contributed by atoms with E-state index in [1.165, 1.54) is 6.08 Å². The number of nitrogens with zero attached hydrogens (tertiary/aromatic N) is 1. The molecule has 1 fully saturated rings. The summed E-state index contributed by atoms with van der Waals surface area (Å²) in [5.41, 5.74) is 5.78. The second-order valence-electron chi connectivity index (χ2n) is 3.55. The van der Waals surface area contributed by atoms with Crippen LogP contribution in [0.5, 0.6) is 0 Å². The van der Waals surface area contributed by atoms with E-state index in [0.717, 1.165) is 13.0 Å². The standard InChI is InChI=1S/C9H16N2O/c1-3-9(12)11-5-7(2)4-8(10)6-11/h3,7-8H,1,4-6,10H2,2H3. The summed E-state index contributed by atoms with van der Waals surface area (Å²) in [5, 5.41) is 0. The van der Waals surface area contributed by atoms with E-state index in [0.29, 0.717) is 12.5 Å². The summed E-state index contributed by atoms with van der Waals surface area (Å²) < 4.78 is 0. The van der Waals surface area contributed by atoms with Crippen LogP contribution in [0.1, 0.15) is 13.3 Å². The minimum atomic E-state index is -0.00278. The zero-order valence-electron chi connectivity index (χ0n) is 7.49. The molecule has 3 heteroatoms. The molecule has 2 unspecified atom stereocenters. The Morgan fingerprint density at radius 1 is 1.67 bits per heavy atom. The molecule has 0 saturated carbocycles. The largest absolute Gasteiger partial charge is 0.337 e. The van der Waals surface area contributed by atoms with Crippen LogP contribution in [-0.4, -0.2) is 29.9 Å². The lowest BCUT2D eigenvalue weighted by molar-refractivity contribution is -0.127. The van der Waals surface area contributed by atoms with Gasteiger partial charge in [0.25, 0.3) is 0 Å². The third kappa shape index (κ3) is 2.08. The maximum Gasteiger partial charge on any atom is 0.246 e. The van der Waals surface area contributed by atoms with Gasteiger partial charge in [0.1, 0.15) is 0 Å². The number of hydrogen-bond donors (Lipinski definition) is 1. The molecule has 1 amide bonds. The molecule has 1 saturated heterocycles. The molecule has 0 aliphatic carbocycles. The molecular weight excluding hydrogens is 152 g/mol. The lowest BCUT2D eigenvalue weighted by Gasteiger charge is -2.34. The van der Waals surface area contributed by atoms with Gasteiger partial charge < -0.3 is 10.6 Å². The first-order valence-corrected chi connectivity index (χ1v) is 4.30. The fourth-order valence-electron chi connectivity index (χ4n) is 1.71. The fourth-order valence-corrected chi connectivity index (χ4v) is 1.71. The van der Waals surface area contributed by atoms with Gasteiger partial charge >= 0.3 is 0 Å². The fraction of sp³-hybridized carbons (Fsp3) is 0.667. The normalized spacial score (nSPS) is 30.0. The number of rotatable bonds is 1. The average Bonchev–Trinajstić information content (AvgIpc) is 2.01. The Balaban J connectivity index is 2.54. The summed E-state index contributed by atoms with van der Waals surface area (Å²) in [6.45, 7) is 7.06.